The van der Waals surface area contributed by atoms with Gasteiger partial charge in [0.15, 0.2) is 6.10 Å². The first kappa shape index (κ1) is 14.5. The molecule has 2 saturated heterocycles. The maximum atomic E-state index is 12.7. The molecule has 3 heterocycles. The molecule has 4 rings (SSSR count). The fourth-order valence-electron chi connectivity index (χ4n) is 3.82. The van der Waals surface area contributed by atoms with Crippen molar-refractivity contribution >= 4 is 17.5 Å². The van der Waals surface area contributed by atoms with Gasteiger partial charge in [0.05, 0.1) is 5.69 Å². The molecule has 0 radical (unpaired) electrons. The number of anilines is 1. The van der Waals surface area contributed by atoms with Crippen molar-refractivity contribution in [2.75, 3.05) is 37.6 Å². The van der Waals surface area contributed by atoms with Gasteiger partial charge in [-0.15, -0.1) is 0 Å². The largest absolute Gasteiger partial charge is 0.479 e. The SMILES string of the molecule is CC1Oc2ccccc2N(CC(=O)N2C[C@H]3CNC[C@H]3C2)C1=O. The van der Waals surface area contributed by atoms with E-state index < -0.39 is 6.10 Å². The van der Waals surface area contributed by atoms with Crippen molar-refractivity contribution in [3.05, 3.63) is 24.3 Å². The molecule has 1 aromatic rings. The predicted octanol–water partition coefficient (Wildman–Crippen LogP) is 0.478. The van der Waals surface area contributed by atoms with Crippen LogP contribution in [-0.4, -0.2) is 55.5 Å². The van der Waals surface area contributed by atoms with E-state index in [1.807, 2.05) is 29.2 Å². The summed E-state index contributed by atoms with van der Waals surface area (Å²) in [4.78, 5) is 28.6. The van der Waals surface area contributed by atoms with E-state index in [1.54, 1.807) is 11.8 Å². The van der Waals surface area contributed by atoms with Gasteiger partial charge in [0.1, 0.15) is 12.3 Å². The number of hydrogen-bond acceptors (Lipinski definition) is 4. The predicted molar refractivity (Wildman–Crippen MR) is 85.3 cm³/mol. The Morgan fingerprint density at radius 1 is 1.26 bits per heavy atom. The summed E-state index contributed by atoms with van der Waals surface area (Å²) in [6.45, 7) is 5.39. The number of nitrogens with one attached hydrogen (secondary N) is 1. The lowest BCUT2D eigenvalue weighted by atomic mass is 10.0. The highest BCUT2D eigenvalue weighted by molar-refractivity contribution is 6.03. The topological polar surface area (TPSA) is 61.9 Å². The minimum atomic E-state index is -0.556. The molecule has 6 heteroatoms. The highest BCUT2D eigenvalue weighted by atomic mass is 16.5. The fourth-order valence-corrected chi connectivity index (χ4v) is 3.82. The van der Waals surface area contributed by atoms with E-state index in [0.717, 1.165) is 26.2 Å². The number of fused-ring (bicyclic) bond motifs is 2. The van der Waals surface area contributed by atoms with Gasteiger partial charge in [0.2, 0.25) is 5.91 Å². The molecule has 3 atom stereocenters. The minimum absolute atomic E-state index is 0.0247. The zero-order valence-electron chi connectivity index (χ0n) is 13.2. The zero-order valence-corrected chi connectivity index (χ0v) is 13.2. The van der Waals surface area contributed by atoms with Gasteiger partial charge in [0, 0.05) is 26.2 Å². The molecule has 23 heavy (non-hydrogen) atoms. The Hall–Kier alpha value is -2.08. The van der Waals surface area contributed by atoms with E-state index in [-0.39, 0.29) is 18.4 Å². The van der Waals surface area contributed by atoms with E-state index in [0.29, 0.717) is 23.3 Å². The van der Waals surface area contributed by atoms with Gasteiger partial charge in [-0.3, -0.25) is 14.5 Å². The second-order valence-corrected chi connectivity index (χ2v) is 6.63. The van der Waals surface area contributed by atoms with Crippen LogP contribution in [0, 0.1) is 11.8 Å². The number of hydrogen-bond donors (Lipinski definition) is 1. The van der Waals surface area contributed by atoms with E-state index in [2.05, 4.69) is 5.32 Å². The quantitative estimate of drug-likeness (QED) is 0.862. The van der Waals surface area contributed by atoms with Gasteiger partial charge in [0.25, 0.3) is 5.91 Å². The highest BCUT2D eigenvalue weighted by Gasteiger charge is 2.40. The third kappa shape index (κ3) is 2.47. The first-order chi connectivity index (χ1) is 11.1. The third-order valence-corrected chi connectivity index (χ3v) is 5.11. The summed E-state index contributed by atoms with van der Waals surface area (Å²) in [7, 11) is 0. The van der Waals surface area contributed by atoms with Crippen molar-refractivity contribution in [2.45, 2.75) is 13.0 Å². The molecule has 2 fully saturated rings. The Morgan fingerprint density at radius 3 is 2.70 bits per heavy atom. The van der Waals surface area contributed by atoms with Crippen molar-refractivity contribution in [1.29, 1.82) is 0 Å². The summed E-state index contributed by atoms with van der Waals surface area (Å²) in [6.07, 6.45) is -0.556. The van der Waals surface area contributed by atoms with Crippen molar-refractivity contribution in [1.82, 2.24) is 10.2 Å². The summed E-state index contributed by atoms with van der Waals surface area (Å²) in [5.74, 6) is 1.65. The van der Waals surface area contributed by atoms with Crippen LogP contribution in [0.2, 0.25) is 0 Å². The molecule has 2 amide bonds. The molecule has 0 bridgehead atoms. The van der Waals surface area contributed by atoms with Gasteiger partial charge in [-0.1, -0.05) is 12.1 Å². The first-order valence-corrected chi connectivity index (χ1v) is 8.19. The number of benzene rings is 1. The molecule has 1 unspecified atom stereocenters. The average Bonchev–Trinajstić information content (AvgIpc) is 3.13. The smallest absolute Gasteiger partial charge is 0.268 e. The third-order valence-electron chi connectivity index (χ3n) is 5.11. The number of para-hydroxylation sites is 2. The molecule has 0 aromatic heterocycles. The number of carbonyl (C=O) groups is 2. The molecule has 0 saturated carbocycles. The number of rotatable bonds is 2. The van der Waals surface area contributed by atoms with Gasteiger partial charge in [-0.05, 0) is 30.9 Å². The number of amides is 2. The zero-order chi connectivity index (χ0) is 16.0. The van der Waals surface area contributed by atoms with Gasteiger partial charge in [-0.25, -0.2) is 0 Å². The Morgan fingerprint density at radius 2 is 1.96 bits per heavy atom. The Bertz CT molecular complexity index is 636. The van der Waals surface area contributed by atoms with Crippen LogP contribution in [0.3, 0.4) is 0 Å². The molecule has 3 aliphatic rings. The van der Waals surface area contributed by atoms with Crippen molar-refractivity contribution in [3.63, 3.8) is 0 Å². The maximum Gasteiger partial charge on any atom is 0.268 e. The molecule has 1 N–H and O–H groups in total. The van der Waals surface area contributed by atoms with Gasteiger partial charge < -0.3 is 15.0 Å². The van der Waals surface area contributed by atoms with Gasteiger partial charge >= 0.3 is 0 Å². The molecular formula is C17H21N3O3. The summed E-state index contributed by atoms with van der Waals surface area (Å²) in [6, 6.07) is 7.39. The number of ether oxygens (including phenoxy) is 1. The van der Waals surface area contributed by atoms with Gasteiger partial charge in [-0.2, -0.15) is 0 Å². The lowest BCUT2D eigenvalue weighted by molar-refractivity contribution is -0.132. The summed E-state index contributed by atoms with van der Waals surface area (Å²) in [5.41, 5.74) is 0.685. The van der Waals surface area contributed by atoms with Crippen LogP contribution in [0.5, 0.6) is 5.75 Å². The first-order valence-electron chi connectivity index (χ1n) is 8.19. The molecule has 3 aliphatic heterocycles. The van der Waals surface area contributed by atoms with Crippen LogP contribution in [0.25, 0.3) is 0 Å². The summed E-state index contributed by atoms with van der Waals surface area (Å²) >= 11 is 0. The standard InChI is InChI=1S/C17H21N3O3/c1-11-17(22)20(14-4-2-3-5-15(14)23-11)10-16(21)19-8-12-6-18-7-13(12)9-19/h2-5,11-13,18H,6-10H2,1H3/t11?,12-,13+. The van der Waals surface area contributed by atoms with E-state index in [9.17, 15) is 9.59 Å². The second kappa shape index (κ2) is 5.53. The molecule has 1 aromatic carbocycles. The van der Waals surface area contributed by atoms with Crippen molar-refractivity contribution in [3.8, 4) is 5.75 Å². The second-order valence-electron chi connectivity index (χ2n) is 6.63. The van der Waals surface area contributed by atoms with E-state index in [4.69, 9.17) is 4.74 Å². The number of likely N-dealkylation sites (tertiary alicyclic amines) is 1. The Balaban J connectivity index is 1.51. The average molecular weight is 315 g/mol. The monoisotopic (exact) mass is 315 g/mol. The number of nitrogens with zero attached hydrogens (tertiary/aromatic N) is 2. The van der Waals surface area contributed by atoms with Crippen LogP contribution in [0.15, 0.2) is 24.3 Å². The molecule has 0 aliphatic carbocycles. The minimum Gasteiger partial charge on any atom is -0.479 e. The Kier molecular flexibility index (Phi) is 3.49. The van der Waals surface area contributed by atoms with E-state index >= 15 is 0 Å². The normalized spacial score (nSPS) is 29.3. The molecule has 122 valence electrons. The fraction of sp³-hybridized carbons (Fsp3) is 0.529. The van der Waals surface area contributed by atoms with E-state index in [1.165, 1.54) is 0 Å². The lowest BCUT2D eigenvalue weighted by Crippen LogP contribution is -2.49. The lowest BCUT2D eigenvalue weighted by Gasteiger charge is -2.33. The van der Waals surface area contributed by atoms with Crippen LogP contribution in [-0.2, 0) is 9.59 Å². The van der Waals surface area contributed by atoms with Crippen LogP contribution in [0.1, 0.15) is 6.92 Å². The molecular weight excluding hydrogens is 294 g/mol. The van der Waals surface area contributed by atoms with Crippen LogP contribution < -0.4 is 15.0 Å². The van der Waals surface area contributed by atoms with Crippen molar-refractivity contribution < 1.29 is 14.3 Å². The highest BCUT2D eigenvalue weighted by Crippen LogP contribution is 2.34. The van der Waals surface area contributed by atoms with Crippen LogP contribution >= 0.6 is 0 Å². The summed E-state index contributed by atoms with van der Waals surface area (Å²) in [5, 5.41) is 3.37. The van der Waals surface area contributed by atoms with Crippen LogP contribution in [0.4, 0.5) is 5.69 Å². The Labute approximate surface area is 135 Å². The maximum absolute atomic E-state index is 12.7. The molecule has 0 spiro atoms. The molecule has 6 nitrogen and oxygen atoms in total. The van der Waals surface area contributed by atoms with Crippen molar-refractivity contribution in [2.24, 2.45) is 11.8 Å². The number of carbonyl (C=O) groups excluding carboxylic acids is 2. The summed E-state index contributed by atoms with van der Waals surface area (Å²) < 4.78 is 5.62.